The van der Waals surface area contributed by atoms with E-state index in [9.17, 15) is 4.79 Å². The third kappa shape index (κ3) is 4.12. The summed E-state index contributed by atoms with van der Waals surface area (Å²) in [5.74, 6) is 0. The lowest BCUT2D eigenvalue weighted by molar-refractivity contribution is 0.252. The number of aryl methyl sites for hydroxylation is 3. The van der Waals surface area contributed by atoms with E-state index in [2.05, 4.69) is 21.7 Å². The van der Waals surface area contributed by atoms with E-state index in [0.29, 0.717) is 6.54 Å². The second-order valence-corrected chi connectivity index (χ2v) is 4.85. The van der Waals surface area contributed by atoms with Crippen molar-refractivity contribution < 1.29 is 4.79 Å². The molecule has 0 unspecified atom stereocenters. The predicted octanol–water partition coefficient (Wildman–Crippen LogP) is 2.71. The highest BCUT2D eigenvalue weighted by molar-refractivity contribution is 5.90. The zero-order chi connectivity index (χ0) is 14.4. The SMILES string of the molecule is Cc1ccc(NC(=O)NCCCn2ccnc2)c(C)c1. The van der Waals surface area contributed by atoms with Crippen LogP contribution in [-0.2, 0) is 6.54 Å². The molecule has 2 rings (SSSR count). The summed E-state index contributed by atoms with van der Waals surface area (Å²) >= 11 is 0. The summed E-state index contributed by atoms with van der Waals surface area (Å²) in [5.41, 5.74) is 3.11. The lowest BCUT2D eigenvalue weighted by Crippen LogP contribution is -2.30. The molecule has 0 saturated carbocycles. The van der Waals surface area contributed by atoms with Gasteiger partial charge in [-0.2, -0.15) is 0 Å². The Bertz CT molecular complexity index is 563. The molecule has 0 aliphatic rings. The number of amides is 2. The van der Waals surface area contributed by atoms with E-state index in [1.165, 1.54) is 5.56 Å². The van der Waals surface area contributed by atoms with Crippen molar-refractivity contribution in [1.29, 1.82) is 0 Å². The first-order chi connectivity index (χ1) is 9.65. The summed E-state index contributed by atoms with van der Waals surface area (Å²) in [4.78, 5) is 15.7. The van der Waals surface area contributed by atoms with Crippen molar-refractivity contribution >= 4 is 11.7 Å². The lowest BCUT2D eigenvalue weighted by Gasteiger charge is -2.10. The third-order valence-corrected chi connectivity index (χ3v) is 3.07. The van der Waals surface area contributed by atoms with Crippen LogP contribution in [0.5, 0.6) is 0 Å². The molecule has 2 N–H and O–H groups in total. The molecule has 1 aromatic carbocycles. The zero-order valence-corrected chi connectivity index (χ0v) is 11.9. The Morgan fingerprint density at radius 1 is 1.35 bits per heavy atom. The molecular formula is C15H20N4O. The second-order valence-electron chi connectivity index (χ2n) is 4.85. The molecule has 0 fully saturated rings. The molecule has 5 heteroatoms. The van der Waals surface area contributed by atoms with E-state index in [1.807, 2.05) is 36.7 Å². The van der Waals surface area contributed by atoms with Gasteiger partial charge < -0.3 is 15.2 Å². The van der Waals surface area contributed by atoms with Crippen LogP contribution in [0.25, 0.3) is 0 Å². The number of nitrogens with one attached hydrogen (secondary N) is 2. The molecule has 0 aliphatic heterocycles. The molecule has 0 spiro atoms. The fraction of sp³-hybridized carbons (Fsp3) is 0.333. The average molecular weight is 272 g/mol. The molecule has 1 aromatic heterocycles. The maximum atomic E-state index is 11.8. The number of nitrogens with zero attached hydrogens (tertiary/aromatic N) is 2. The summed E-state index contributed by atoms with van der Waals surface area (Å²) in [6, 6.07) is 5.80. The Morgan fingerprint density at radius 3 is 2.90 bits per heavy atom. The fourth-order valence-corrected chi connectivity index (χ4v) is 2.00. The van der Waals surface area contributed by atoms with Gasteiger partial charge in [-0.25, -0.2) is 9.78 Å². The van der Waals surface area contributed by atoms with Gasteiger partial charge in [-0.1, -0.05) is 17.7 Å². The maximum absolute atomic E-state index is 11.8. The van der Waals surface area contributed by atoms with Crippen LogP contribution in [0.15, 0.2) is 36.9 Å². The molecule has 2 aromatic rings. The van der Waals surface area contributed by atoms with Crippen LogP contribution in [0.2, 0.25) is 0 Å². The van der Waals surface area contributed by atoms with Crippen molar-refractivity contribution in [2.75, 3.05) is 11.9 Å². The van der Waals surface area contributed by atoms with Crippen LogP contribution in [0, 0.1) is 13.8 Å². The van der Waals surface area contributed by atoms with Crippen LogP contribution in [0.3, 0.4) is 0 Å². The van der Waals surface area contributed by atoms with Gasteiger partial charge >= 0.3 is 6.03 Å². The monoisotopic (exact) mass is 272 g/mol. The van der Waals surface area contributed by atoms with Gasteiger partial charge in [-0.15, -0.1) is 0 Å². The van der Waals surface area contributed by atoms with Gasteiger partial charge in [0.15, 0.2) is 0 Å². The number of aromatic nitrogens is 2. The van der Waals surface area contributed by atoms with Crippen LogP contribution in [0.1, 0.15) is 17.5 Å². The molecular weight excluding hydrogens is 252 g/mol. The van der Waals surface area contributed by atoms with Crippen molar-refractivity contribution in [2.24, 2.45) is 0 Å². The molecule has 106 valence electrons. The molecule has 0 bridgehead atoms. The van der Waals surface area contributed by atoms with Gasteiger partial charge in [0.05, 0.1) is 6.33 Å². The normalized spacial score (nSPS) is 10.3. The van der Waals surface area contributed by atoms with E-state index in [0.717, 1.165) is 24.2 Å². The first kappa shape index (κ1) is 14.1. The second kappa shape index (κ2) is 6.75. The van der Waals surface area contributed by atoms with Crippen molar-refractivity contribution in [3.63, 3.8) is 0 Å². The van der Waals surface area contributed by atoms with Crippen LogP contribution in [-0.4, -0.2) is 22.1 Å². The topological polar surface area (TPSA) is 59.0 Å². The molecule has 0 radical (unpaired) electrons. The number of hydrogen-bond donors (Lipinski definition) is 2. The van der Waals surface area contributed by atoms with Gasteiger partial charge in [0.25, 0.3) is 0 Å². The maximum Gasteiger partial charge on any atom is 0.319 e. The van der Waals surface area contributed by atoms with Crippen LogP contribution in [0.4, 0.5) is 10.5 Å². The standard InChI is InChI=1S/C15H20N4O/c1-12-4-5-14(13(2)10-12)18-15(20)17-6-3-8-19-9-7-16-11-19/h4-5,7,9-11H,3,6,8H2,1-2H3,(H2,17,18,20). The fourth-order valence-electron chi connectivity index (χ4n) is 2.00. The number of benzene rings is 1. The highest BCUT2D eigenvalue weighted by Gasteiger charge is 2.03. The number of rotatable bonds is 5. The summed E-state index contributed by atoms with van der Waals surface area (Å²) in [5, 5.41) is 5.71. The average Bonchev–Trinajstić information content (AvgIpc) is 2.91. The molecule has 1 heterocycles. The first-order valence-electron chi connectivity index (χ1n) is 6.73. The van der Waals surface area contributed by atoms with Crippen molar-refractivity contribution in [2.45, 2.75) is 26.8 Å². The Labute approximate surface area is 119 Å². The number of hydrogen-bond acceptors (Lipinski definition) is 2. The van der Waals surface area contributed by atoms with E-state index >= 15 is 0 Å². The molecule has 0 aliphatic carbocycles. The number of carbonyl (C=O) groups excluding carboxylic acids is 1. The smallest absolute Gasteiger partial charge is 0.319 e. The van der Waals surface area contributed by atoms with Gasteiger partial charge in [0, 0.05) is 31.2 Å². The molecule has 0 atom stereocenters. The summed E-state index contributed by atoms with van der Waals surface area (Å²) in [6.45, 7) is 5.51. The quantitative estimate of drug-likeness (QED) is 0.822. The third-order valence-electron chi connectivity index (χ3n) is 3.07. The summed E-state index contributed by atoms with van der Waals surface area (Å²) in [6.07, 6.45) is 6.31. The molecule has 5 nitrogen and oxygen atoms in total. The van der Waals surface area contributed by atoms with Crippen molar-refractivity contribution in [3.8, 4) is 0 Å². The highest BCUT2D eigenvalue weighted by atomic mass is 16.2. The Morgan fingerprint density at radius 2 is 2.20 bits per heavy atom. The largest absolute Gasteiger partial charge is 0.338 e. The van der Waals surface area contributed by atoms with Gasteiger partial charge in [0.2, 0.25) is 0 Å². The predicted molar refractivity (Wildman–Crippen MR) is 79.8 cm³/mol. The minimum Gasteiger partial charge on any atom is -0.338 e. The first-order valence-corrected chi connectivity index (χ1v) is 6.73. The van der Waals surface area contributed by atoms with Crippen LogP contribution >= 0.6 is 0 Å². The number of imidazole rings is 1. The van der Waals surface area contributed by atoms with Gasteiger partial charge in [-0.05, 0) is 31.9 Å². The Balaban J connectivity index is 1.72. The lowest BCUT2D eigenvalue weighted by atomic mass is 10.1. The van der Waals surface area contributed by atoms with E-state index < -0.39 is 0 Å². The summed E-state index contributed by atoms with van der Waals surface area (Å²) < 4.78 is 1.99. The number of anilines is 1. The van der Waals surface area contributed by atoms with E-state index in [1.54, 1.807) is 12.5 Å². The van der Waals surface area contributed by atoms with Gasteiger partial charge in [-0.3, -0.25) is 0 Å². The molecule has 2 amide bonds. The Hall–Kier alpha value is -2.30. The minimum absolute atomic E-state index is 0.164. The molecule has 0 saturated heterocycles. The minimum atomic E-state index is -0.164. The van der Waals surface area contributed by atoms with Crippen molar-refractivity contribution in [3.05, 3.63) is 48.0 Å². The number of carbonyl (C=O) groups is 1. The van der Waals surface area contributed by atoms with Crippen LogP contribution < -0.4 is 10.6 Å². The number of urea groups is 1. The van der Waals surface area contributed by atoms with E-state index in [-0.39, 0.29) is 6.03 Å². The Kier molecular flexibility index (Phi) is 4.76. The zero-order valence-electron chi connectivity index (χ0n) is 11.9. The summed E-state index contributed by atoms with van der Waals surface area (Å²) in [7, 11) is 0. The van der Waals surface area contributed by atoms with Gasteiger partial charge in [0.1, 0.15) is 0 Å². The van der Waals surface area contributed by atoms with E-state index in [4.69, 9.17) is 0 Å². The van der Waals surface area contributed by atoms with Crippen molar-refractivity contribution in [1.82, 2.24) is 14.9 Å². The molecule has 20 heavy (non-hydrogen) atoms. The highest BCUT2D eigenvalue weighted by Crippen LogP contribution is 2.15.